The lowest BCUT2D eigenvalue weighted by atomic mass is 10.0. The Bertz CT molecular complexity index is 2770. The van der Waals surface area contributed by atoms with Crippen LogP contribution < -0.4 is 4.90 Å². The number of benzene rings is 7. The molecule has 7 aromatic carbocycles. The lowest BCUT2D eigenvalue weighted by Crippen LogP contribution is -2.11. The molecule has 0 saturated heterocycles. The van der Waals surface area contributed by atoms with Gasteiger partial charge in [0.1, 0.15) is 27.8 Å². The largest absolute Gasteiger partial charge is 0.456 e. The third kappa shape index (κ3) is 4.15. The summed E-state index contributed by atoms with van der Waals surface area (Å²) in [7, 11) is 0. The van der Waals surface area contributed by atoms with Crippen molar-refractivity contribution in [3.05, 3.63) is 158 Å². The first-order valence-electron chi connectivity index (χ1n) is 16.0. The van der Waals surface area contributed by atoms with Gasteiger partial charge < -0.3 is 18.2 Å². The van der Waals surface area contributed by atoms with E-state index in [0.717, 1.165) is 83.1 Å². The molecule has 0 bridgehead atoms. The van der Waals surface area contributed by atoms with E-state index in [1.807, 2.05) is 78.9 Å². The molecule has 0 spiro atoms. The second-order valence-corrected chi connectivity index (χ2v) is 12.0. The van der Waals surface area contributed by atoms with Gasteiger partial charge in [-0.2, -0.15) is 0 Å². The Hall–Kier alpha value is -6.59. The van der Waals surface area contributed by atoms with Crippen molar-refractivity contribution in [3.63, 3.8) is 0 Å². The van der Waals surface area contributed by atoms with E-state index in [4.69, 9.17) is 18.2 Å². The van der Waals surface area contributed by atoms with Gasteiger partial charge in [0.25, 0.3) is 0 Å². The summed E-state index contributed by atoms with van der Waals surface area (Å²) in [6.45, 7) is 0. The fourth-order valence-electron chi connectivity index (χ4n) is 6.86. The first kappa shape index (κ1) is 26.6. The van der Waals surface area contributed by atoms with Gasteiger partial charge >= 0.3 is 0 Å². The molecule has 0 saturated carbocycles. The highest BCUT2D eigenvalue weighted by molar-refractivity contribution is 6.20. The van der Waals surface area contributed by atoms with Gasteiger partial charge in [-0.25, -0.2) is 4.98 Å². The molecule has 0 fully saturated rings. The van der Waals surface area contributed by atoms with Gasteiger partial charge in [0.05, 0.1) is 11.1 Å². The summed E-state index contributed by atoms with van der Waals surface area (Å²) in [4.78, 5) is 7.44. The molecule has 10 rings (SSSR count). The van der Waals surface area contributed by atoms with Crippen molar-refractivity contribution in [3.8, 4) is 22.6 Å². The summed E-state index contributed by atoms with van der Waals surface area (Å²) in [6, 6.07) is 53.8. The van der Waals surface area contributed by atoms with E-state index in [0.29, 0.717) is 11.5 Å². The number of furan rings is 2. The molecule has 0 amide bonds. The Balaban J connectivity index is 1.29. The Morgan fingerprint density at radius 1 is 0.396 bits per heavy atom. The van der Waals surface area contributed by atoms with Crippen LogP contribution in [0.1, 0.15) is 0 Å². The molecule has 5 heteroatoms. The fourth-order valence-corrected chi connectivity index (χ4v) is 6.86. The van der Waals surface area contributed by atoms with Gasteiger partial charge in [0.2, 0.25) is 5.89 Å². The van der Waals surface area contributed by atoms with Crippen LogP contribution in [-0.2, 0) is 0 Å². The van der Waals surface area contributed by atoms with E-state index in [1.165, 1.54) is 0 Å². The van der Waals surface area contributed by atoms with Crippen LogP contribution in [0.25, 0.3) is 77.6 Å². The zero-order valence-electron chi connectivity index (χ0n) is 25.6. The number of oxazole rings is 1. The van der Waals surface area contributed by atoms with E-state index >= 15 is 0 Å². The molecule has 5 nitrogen and oxygen atoms in total. The van der Waals surface area contributed by atoms with Crippen molar-refractivity contribution in [1.82, 2.24) is 4.98 Å². The van der Waals surface area contributed by atoms with Gasteiger partial charge in [-0.15, -0.1) is 0 Å². The maximum atomic E-state index is 6.49. The molecule has 0 aliphatic heterocycles. The zero-order valence-corrected chi connectivity index (χ0v) is 25.6. The summed E-state index contributed by atoms with van der Waals surface area (Å²) >= 11 is 0. The van der Waals surface area contributed by atoms with Crippen LogP contribution in [-0.4, -0.2) is 4.98 Å². The van der Waals surface area contributed by atoms with Crippen LogP contribution in [0.4, 0.5) is 17.1 Å². The summed E-state index contributed by atoms with van der Waals surface area (Å²) in [5, 5.41) is 4.12. The number of nitrogens with zero attached hydrogens (tertiary/aromatic N) is 2. The van der Waals surface area contributed by atoms with Crippen molar-refractivity contribution in [2.75, 3.05) is 4.90 Å². The minimum absolute atomic E-state index is 0.552. The summed E-state index contributed by atoms with van der Waals surface area (Å²) < 4.78 is 19.4. The maximum Gasteiger partial charge on any atom is 0.227 e. The highest BCUT2D eigenvalue weighted by Crippen LogP contribution is 2.48. The van der Waals surface area contributed by atoms with Gasteiger partial charge in [-0.1, -0.05) is 97.1 Å². The van der Waals surface area contributed by atoms with Crippen LogP contribution in [0.15, 0.2) is 171 Å². The van der Waals surface area contributed by atoms with E-state index in [2.05, 4.69) is 83.8 Å². The van der Waals surface area contributed by atoms with E-state index in [-0.39, 0.29) is 0 Å². The fraction of sp³-hybridized carbons (Fsp3) is 0. The first-order chi connectivity index (χ1) is 23.8. The quantitative estimate of drug-likeness (QED) is 0.192. The minimum Gasteiger partial charge on any atom is -0.456 e. The van der Waals surface area contributed by atoms with Gasteiger partial charge in [-0.3, -0.25) is 0 Å². The number of aromatic nitrogens is 1. The second kappa shape index (κ2) is 10.5. The number of fused-ring (bicyclic) bond motifs is 7. The minimum atomic E-state index is 0.552. The van der Waals surface area contributed by atoms with E-state index in [9.17, 15) is 0 Å². The highest BCUT2D eigenvalue weighted by atomic mass is 16.4. The Labute approximate surface area is 274 Å². The SMILES string of the molecule is c1ccc(-c2ccc(N(c3ccc4c(c3)oc3ccccc34)c3c4nc(-c5ccccc5)oc4cc4oc5ccccc5c34)cc2)cc1. The number of hydrogen-bond donors (Lipinski definition) is 0. The van der Waals surface area contributed by atoms with Gasteiger partial charge in [0.15, 0.2) is 5.58 Å². The maximum absolute atomic E-state index is 6.49. The zero-order chi connectivity index (χ0) is 31.6. The normalized spacial score (nSPS) is 11.8. The van der Waals surface area contributed by atoms with Crippen LogP contribution in [0.3, 0.4) is 0 Å². The molecule has 0 aliphatic carbocycles. The molecular weight excluding hydrogens is 592 g/mol. The highest BCUT2D eigenvalue weighted by Gasteiger charge is 2.26. The monoisotopic (exact) mass is 618 g/mol. The van der Waals surface area contributed by atoms with Crippen molar-refractivity contribution >= 4 is 72.0 Å². The molecule has 0 N–H and O–H groups in total. The van der Waals surface area contributed by atoms with Crippen molar-refractivity contribution in [2.45, 2.75) is 0 Å². The smallest absolute Gasteiger partial charge is 0.227 e. The molecule has 48 heavy (non-hydrogen) atoms. The van der Waals surface area contributed by atoms with Crippen molar-refractivity contribution in [1.29, 1.82) is 0 Å². The first-order valence-corrected chi connectivity index (χ1v) is 16.0. The number of anilines is 3. The van der Waals surface area contributed by atoms with E-state index in [1.54, 1.807) is 0 Å². The molecule has 0 radical (unpaired) electrons. The molecule has 3 heterocycles. The summed E-state index contributed by atoms with van der Waals surface area (Å²) in [5.41, 5.74) is 10.6. The molecule has 10 aromatic rings. The average Bonchev–Trinajstić information content (AvgIpc) is 3.85. The van der Waals surface area contributed by atoms with Gasteiger partial charge in [-0.05, 0) is 59.7 Å². The van der Waals surface area contributed by atoms with Crippen molar-refractivity contribution < 1.29 is 13.3 Å². The Morgan fingerprint density at radius 3 is 1.75 bits per heavy atom. The van der Waals surface area contributed by atoms with Crippen LogP contribution in [0.5, 0.6) is 0 Å². The lowest BCUT2D eigenvalue weighted by Gasteiger charge is -2.26. The summed E-state index contributed by atoms with van der Waals surface area (Å²) in [6.07, 6.45) is 0. The summed E-state index contributed by atoms with van der Waals surface area (Å²) in [5.74, 6) is 0.552. The van der Waals surface area contributed by atoms with E-state index < -0.39 is 0 Å². The molecule has 3 aromatic heterocycles. The Kier molecular flexibility index (Phi) is 5.81. The average molecular weight is 619 g/mol. The predicted octanol–water partition coefficient (Wildman–Crippen LogP) is 12.4. The van der Waals surface area contributed by atoms with Crippen LogP contribution in [0.2, 0.25) is 0 Å². The molecular formula is C43H26N2O3. The third-order valence-electron chi connectivity index (χ3n) is 9.10. The second-order valence-electron chi connectivity index (χ2n) is 12.0. The molecule has 226 valence electrons. The van der Waals surface area contributed by atoms with Crippen LogP contribution >= 0.6 is 0 Å². The number of rotatable bonds is 5. The topological polar surface area (TPSA) is 55.6 Å². The molecule has 0 aliphatic rings. The third-order valence-corrected chi connectivity index (χ3v) is 9.10. The van der Waals surface area contributed by atoms with Crippen molar-refractivity contribution in [2.24, 2.45) is 0 Å². The Morgan fingerprint density at radius 2 is 0.979 bits per heavy atom. The number of para-hydroxylation sites is 2. The predicted molar refractivity (Wildman–Crippen MR) is 194 cm³/mol. The lowest BCUT2D eigenvalue weighted by molar-refractivity contribution is 0.617. The molecule has 0 unspecified atom stereocenters. The molecule has 0 atom stereocenters. The number of hydrogen-bond acceptors (Lipinski definition) is 5. The van der Waals surface area contributed by atoms with Crippen LogP contribution in [0, 0.1) is 0 Å². The standard InChI is InChI=1S/C43H26N2O3/c1-3-11-27(12-4-1)28-19-21-30(22-20-28)45(31-23-24-33-32-15-7-9-17-35(32)46-37(33)25-31)42-40-34-16-8-10-18-36(34)47-38(40)26-39-41(42)44-43(48-39)29-13-5-2-6-14-29/h1-26H. The van der Waals surface area contributed by atoms with Gasteiger partial charge in [0, 0.05) is 45.2 Å².